The lowest BCUT2D eigenvalue weighted by Gasteiger charge is -2.43. The molecule has 0 unspecified atom stereocenters. The number of rotatable bonds is 1. The van der Waals surface area contributed by atoms with Crippen molar-refractivity contribution in [2.75, 3.05) is 6.61 Å². The fourth-order valence-corrected chi connectivity index (χ4v) is 5.49. The summed E-state index contributed by atoms with van der Waals surface area (Å²) in [6.45, 7) is 13.1. The van der Waals surface area contributed by atoms with Crippen molar-refractivity contribution < 1.29 is 19.3 Å². The van der Waals surface area contributed by atoms with Gasteiger partial charge in [0.1, 0.15) is 23.6 Å². The van der Waals surface area contributed by atoms with E-state index >= 15 is 0 Å². The normalized spacial score (nSPS) is 43.9. The van der Waals surface area contributed by atoms with Crippen LogP contribution in [0.25, 0.3) is 0 Å². The van der Waals surface area contributed by atoms with Crippen LogP contribution in [0.4, 0.5) is 0 Å². The summed E-state index contributed by atoms with van der Waals surface area (Å²) in [7, 11) is 0. The minimum atomic E-state index is -0.636. The third kappa shape index (κ3) is 3.96. The zero-order chi connectivity index (χ0) is 21.0. The summed E-state index contributed by atoms with van der Waals surface area (Å²) in [6.07, 6.45) is 11.9. The number of ether oxygens (including phenoxy) is 3. The first-order valence-corrected chi connectivity index (χ1v) is 11.3. The Bertz CT molecular complexity index is 744. The molecule has 1 N–H and O–H groups in total. The third-order valence-corrected chi connectivity index (χ3v) is 7.37. The highest BCUT2D eigenvalue weighted by molar-refractivity contribution is 5.32. The molecule has 0 spiro atoms. The maximum Gasteiger partial charge on any atom is 0.164 e. The molecule has 5 atom stereocenters. The quantitative estimate of drug-likeness (QED) is 0.606. The van der Waals surface area contributed by atoms with Gasteiger partial charge in [0.15, 0.2) is 5.79 Å². The fourth-order valence-electron chi connectivity index (χ4n) is 5.49. The first-order valence-electron chi connectivity index (χ1n) is 11.3. The molecule has 4 nitrogen and oxygen atoms in total. The van der Waals surface area contributed by atoms with Gasteiger partial charge in [0.25, 0.3) is 0 Å². The lowest BCUT2D eigenvalue weighted by atomic mass is 9.75. The van der Waals surface area contributed by atoms with E-state index < -0.39 is 5.79 Å². The maximum atomic E-state index is 10.2. The van der Waals surface area contributed by atoms with E-state index in [1.165, 1.54) is 11.1 Å². The van der Waals surface area contributed by atoms with Gasteiger partial charge in [-0.2, -0.15) is 0 Å². The van der Waals surface area contributed by atoms with Gasteiger partial charge in [-0.1, -0.05) is 37.6 Å². The zero-order valence-electron chi connectivity index (χ0n) is 19.0. The van der Waals surface area contributed by atoms with Crippen LogP contribution < -0.4 is 0 Å². The van der Waals surface area contributed by atoms with Crippen molar-refractivity contribution in [2.45, 2.75) is 97.2 Å². The molecule has 2 aliphatic carbocycles. The van der Waals surface area contributed by atoms with Crippen LogP contribution in [0.5, 0.6) is 0 Å². The van der Waals surface area contributed by atoms with Crippen molar-refractivity contribution in [3.63, 3.8) is 0 Å². The van der Waals surface area contributed by atoms with E-state index in [-0.39, 0.29) is 35.7 Å². The van der Waals surface area contributed by atoms with E-state index in [2.05, 4.69) is 45.9 Å². The molecule has 162 valence electrons. The average Bonchev–Trinajstić information content (AvgIpc) is 3.06. The molecule has 1 saturated heterocycles. The second kappa shape index (κ2) is 7.25. The highest BCUT2D eigenvalue weighted by Crippen LogP contribution is 2.53. The number of hydrogen-bond donors (Lipinski definition) is 1. The molecular weight excluding hydrogens is 364 g/mol. The summed E-state index contributed by atoms with van der Waals surface area (Å²) in [5, 5.41) is 10.2. The number of fused-ring (bicyclic) bond motifs is 3. The van der Waals surface area contributed by atoms with Crippen LogP contribution >= 0.6 is 0 Å². The molecule has 2 heterocycles. The summed E-state index contributed by atoms with van der Waals surface area (Å²) in [6, 6.07) is 0. The van der Waals surface area contributed by atoms with Crippen LogP contribution in [-0.4, -0.2) is 35.3 Å². The van der Waals surface area contributed by atoms with Crippen molar-refractivity contribution in [3.05, 3.63) is 35.1 Å². The third-order valence-electron chi connectivity index (χ3n) is 7.37. The SMILES string of the molecule is C/C1=C\CC(C)(C)/C=C/C[C@@]2(C)OC3=C(C[C@@H]2CC1)[C@H](CO)[C@H]1OC(C)(C)O[C@@H]31. The van der Waals surface area contributed by atoms with E-state index in [1.54, 1.807) is 0 Å². The minimum Gasteiger partial charge on any atom is -0.488 e. The molecule has 2 aliphatic heterocycles. The molecule has 0 aromatic rings. The number of hydrogen-bond acceptors (Lipinski definition) is 4. The molecule has 1 fully saturated rings. The molecule has 0 amide bonds. The predicted molar refractivity (Wildman–Crippen MR) is 114 cm³/mol. The van der Waals surface area contributed by atoms with Crippen molar-refractivity contribution in [1.82, 2.24) is 0 Å². The Morgan fingerprint density at radius 3 is 2.59 bits per heavy atom. The molecule has 4 aliphatic rings. The van der Waals surface area contributed by atoms with Crippen molar-refractivity contribution in [3.8, 4) is 0 Å². The summed E-state index contributed by atoms with van der Waals surface area (Å²) in [4.78, 5) is 0. The molecule has 0 bridgehead atoms. The monoisotopic (exact) mass is 402 g/mol. The van der Waals surface area contributed by atoms with E-state index in [0.29, 0.717) is 5.92 Å². The first kappa shape index (κ1) is 21.1. The standard InChI is InChI=1S/C25H38O4/c1-16-8-9-17-14-18-19(15-26)21-22(28-24(4,5)27-21)20(18)29-25(17,6)12-7-11-23(2,3)13-10-16/h7,10-11,17,19,21-22,26H,8-9,12-15H2,1-6H3/b11-7+,16-10+/t17-,19-,21+,22-,25+/m0/s1. The van der Waals surface area contributed by atoms with Crippen LogP contribution in [0.15, 0.2) is 35.1 Å². The van der Waals surface area contributed by atoms with Gasteiger partial charge >= 0.3 is 0 Å². The molecule has 4 heteroatoms. The van der Waals surface area contributed by atoms with Crippen molar-refractivity contribution in [2.24, 2.45) is 17.3 Å². The van der Waals surface area contributed by atoms with Crippen LogP contribution in [-0.2, 0) is 14.2 Å². The molecule has 0 radical (unpaired) electrons. The molecule has 29 heavy (non-hydrogen) atoms. The Kier molecular flexibility index (Phi) is 5.28. The average molecular weight is 403 g/mol. The summed E-state index contributed by atoms with van der Waals surface area (Å²) < 4.78 is 19.2. The van der Waals surface area contributed by atoms with Crippen LogP contribution in [0.2, 0.25) is 0 Å². The topological polar surface area (TPSA) is 47.9 Å². The molecule has 0 saturated carbocycles. The minimum absolute atomic E-state index is 0.0226. The highest BCUT2D eigenvalue weighted by Gasteiger charge is 2.58. The van der Waals surface area contributed by atoms with Gasteiger partial charge in [-0.3, -0.25) is 0 Å². The Morgan fingerprint density at radius 1 is 1.10 bits per heavy atom. The van der Waals surface area contributed by atoms with Crippen LogP contribution in [0.3, 0.4) is 0 Å². The molecule has 4 rings (SSSR count). The zero-order valence-corrected chi connectivity index (χ0v) is 19.0. The first-order chi connectivity index (χ1) is 13.5. The number of allylic oxidation sites excluding steroid dienone is 3. The smallest absolute Gasteiger partial charge is 0.164 e. The Balaban J connectivity index is 1.67. The molecule has 0 aromatic carbocycles. The molecular formula is C25H38O4. The fraction of sp³-hybridized carbons (Fsp3) is 0.760. The largest absolute Gasteiger partial charge is 0.488 e. The van der Waals surface area contributed by atoms with Gasteiger partial charge in [-0.15, -0.1) is 0 Å². The predicted octanol–water partition coefficient (Wildman–Crippen LogP) is 5.28. The maximum absolute atomic E-state index is 10.2. The lowest BCUT2D eigenvalue weighted by Crippen LogP contribution is -2.42. The van der Waals surface area contributed by atoms with E-state index in [9.17, 15) is 5.11 Å². The van der Waals surface area contributed by atoms with Crippen LogP contribution in [0.1, 0.15) is 73.6 Å². The highest BCUT2D eigenvalue weighted by atomic mass is 16.8. The summed E-state index contributed by atoms with van der Waals surface area (Å²) in [5.41, 5.74) is 2.58. The lowest BCUT2D eigenvalue weighted by molar-refractivity contribution is -0.160. The summed E-state index contributed by atoms with van der Waals surface area (Å²) in [5.74, 6) is 0.692. The molecule has 0 aromatic heterocycles. The van der Waals surface area contributed by atoms with Crippen molar-refractivity contribution in [1.29, 1.82) is 0 Å². The van der Waals surface area contributed by atoms with Gasteiger partial charge in [0.2, 0.25) is 0 Å². The van der Waals surface area contributed by atoms with E-state index in [4.69, 9.17) is 14.2 Å². The second-order valence-corrected chi connectivity index (χ2v) is 10.9. The van der Waals surface area contributed by atoms with Gasteiger partial charge in [0, 0.05) is 18.3 Å². The second-order valence-electron chi connectivity index (χ2n) is 10.9. The van der Waals surface area contributed by atoms with Gasteiger partial charge in [-0.05, 0) is 64.4 Å². The number of aliphatic hydroxyl groups excluding tert-OH is 1. The van der Waals surface area contributed by atoms with Gasteiger partial charge in [-0.25, -0.2) is 0 Å². The number of aliphatic hydroxyl groups is 1. The van der Waals surface area contributed by atoms with Crippen molar-refractivity contribution >= 4 is 0 Å². The van der Waals surface area contributed by atoms with Gasteiger partial charge in [0.05, 0.1) is 6.61 Å². The Morgan fingerprint density at radius 2 is 1.86 bits per heavy atom. The van der Waals surface area contributed by atoms with Crippen LogP contribution in [0, 0.1) is 17.3 Å². The Labute approximate surface area is 176 Å². The van der Waals surface area contributed by atoms with E-state index in [0.717, 1.165) is 37.9 Å². The van der Waals surface area contributed by atoms with Gasteiger partial charge < -0.3 is 19.3 Å². The van der Waals surface area contributed by atoms with E-state index in [1.807, 2.05) is 13.8 Å². The summed E-state index contributed by atoms with van der Waals surface area (Å²) >= 11 is 0. The Hall–Kier alpha value is -1.10.